The molecule has 3 fully saturated rings. The Morgan fingerprint density at radius 2 is 2.33 bits per heavy atom. The maximum absolute atomic E-state index is 10.8. The number of fused-ring (bicyclic) bond motifs is 1. The fraction of sp³-hybridized carbons (Fsp3) is 0.875. The number of hydrogen-bond donors (Lipinski definition) is 2. The zero-order chi connectivity index (χ0) is 8.98. The molecule has 1 aliphatic carbocycles. The number of ether oxygens (including phenoxy) is 1. The highest BCUT2D eigenvalue weighted by molar-refractivity contribution is 5.75. The smallest absolute Gasteiger partial charge is 0.333 e. The molecule has 2 heterocycles. The lowest BCUT2D eigenvalue weighted by Gasteiger charge is -2.41. The topological polar surface area (TPSA) is 72.6 Å². The van der Waals surface area contributed by atoms with E-state index in [1.807, 2.05) is 6.92 Å². The average molecular weight is 171 g/mol. The molecular formula is C8H13NO3. The Labute approximate surface area is 70.7 Å². The summed E-state index contributed by atoms with van der Waals surface area (Å²) >= 11 is 0. The molecule has 0 aromatic heterocycles. The summed E-state index contributed by atoms with van der Waals surface area (Å²) in [6.07, 6.45) is 0.925. The minimum Gasteiger partial charge on any atom is -0.479 e. The minimum absolute atomic E-state index is 0.206. The van der Waals surface area contributed by atoms with Crippen molar-refractivity contribution in [2.75, 3.05) is 6.54 Å². The van der Waals surface area contributed by atoms with Gasteiger partial charge in [-0.15, -0.1) is 0 Å². The molecule has 3 N–H and O–H groups in total. The van der Waals surface area contributed by atoms with Crippen molar-refractivity contribution >= 4 is 5.97 Å². The maximum atomic E-state index is 10.8. The van der Waals surface area contributed by atoms with E-state index in [-0.39, 0.29) is 11.0 Å². The monoisotopic (exact) mass is 171 g/mol. The van der Waals surface area contributed by atoms with E-state index in [1.54, 1.807) is 0 Å². The molecule has 3 rings (SSSR count). The minimum atomic E-state index is -0.873. The lowest BCUT2D eigenvalue weighted by Crippen LogP contribution is -2.49. The second-order valence-corrected chi connectivity index (χ2v) is 4.21. The summed E-state index contributed by atoms with van der Waals surface area (Å²) in [6, 6.07) is 0. The summed E-state index contributed by atoms with van der Waals surface area (Å²) < 4.78 is 5.40. The normalized spacial score (nSPS) is 50.3. The quantitative estimate of drug-likeness (QED) is 0.611. The van der Waals surface area contributed by atoms with Crippen LogP contribution >= 0.6 is 0 Å². The largest absolute Gasteiger partial charge is 0.479 e. The summed E-state index contributed by atoms with van der Waals surface area (Å²) in [5.74, 6) is -0.873. The van der Waals surface area contributed by atoms with Crippen molar-refractivity contribution in [1.82, 2.24) is 0 Å². The summed E-state index contributed by atoms with van der Waals surface area (Å²) in [7, 11) is 0. The Bertz CT molecular complexity index is 232. The van der Waals surface area contributed by atoms with Crippen LogP contribution in [0.25, 0.3) is 0 Å². The third kappa shape index (κ3) is 0.765. The maximum Gasteiger partial charge on any atom is 0.333 e. The van der Waals surface area contributed by atoms with Gasteiger partial charge in [0, 0.05) is 12.0 Å². The number of nitrogens with two attached hydrogens (primary N) is 1. The first-order valence-electron chi connectivity index (χ1n) is 4.12. The van der Waals surface area contributed by atoms with Crippen LogP contribution < -0.4 is 5.73 Å². The summed E-state index contributed by atoms with van der Waals surface area (Å²) in [6.45, 7) is 2.36. The van der Waals surface area contributed by atoms with Crippen molar-refractivity contribution in [3.63, 3.8) is 0 Å². The summed E-state index contributed by atoms with van der Waals surface area (Å²) in [5, 5.41) is 8.84. The third-order valence-corrected chi connectivity index (χ3v) is 3.04. The van der Waals surface area contributed by atoms with E-state index >= 15 is 0 Å². The first kappa shape index (κ1) is 8.01. The Morgan fingerprint density at radius 3 is 2.67 bits per heavy atom. The van der Waals surface area contributed by atoms with Gasteiger partial charge in [-0.2, -0.15) is 0 Å². The number of rotatable bonds is 2. The molecule has 0 aromatic rings. The fourth-order valence-corrected chi connectivity index (χ4v) is 2.68. The molecular weight excluding hydrogens is 158 g/mol. The second kappa shape index (κ2) is 2.00. The van der Waals surface area contributed by atoms with E-state index in [1.165, 1.54) is 0 Å². The van der Waals surface area contributed by atoms with Crippen molar-refractivity contribution in [3.05, 3.63) is 0 Å². The van der Waals surface area contributed by atoms with Crippen LogP contribution in [0.5, 0.6) is 0 Å². The summed E-state index contributed by atoms with van der Waals surface area (Å²) in [5.41, 5.74) is 5.08. The Hall–Kier alpha value is -0.610. The molecule has 2 bridgehead atoms. The van der Waals surface area contributed by atoms with Crippen molar-refractivity contribution in [1.29, 1.82) is 0 Å². The van der Waals surface area contributed by atoms with Crippen LogP contribution in [-0.2, 0) is 9.53 Å². The van der Waals surface area contributed by atoms with Gasteiger partial charge in [0.05, 0.1) is 5.60 Å². The molecule has 0 amide bonds. The Kier molecular flexibility index (Phi) is 1.34. The Morgan fingerprint density at radius 1 is 1.75 bits per heavy atom. The molecule has 1 saturated carbocycles. The van der Waals surface area contributed by atoms with E-state index in [9.17, 15) is 4.79 Å². The van der Waals surface area contributed by atoms with Gasteiger partial charge in [0.25, 0.3) is 0 Å². The standard InChI is InChI=1S/C8H13NO3/c1-7-2-8(3-7,4-9)5(12-7)6(10)11/h5H,2-4,9H2,1H3,(H,10,11). The number of carbonyl (C=O) groups is 1. The van der Waals surface area contributed by atoms with Crippen LogP contribution in [0.15, 0.2) is 0 Å². The first-order valence-corrected chi connectivity index (χ1v) is 4.12. The van der Waals surface area contributed by atoms with Crippen LogP contribution in [0, 0.1) is 5.41 Å². The molecule has 0 aromatic carbocycles. The number of aliphatic carboxylic acids is 1. The van der Waals surface area contributed by atoms with Gasteiger partial charge < -0.3 is 15.6 Å². The van der Waals surface area contributed by atoms with Crippen LogP contribution in [0.3, 0.4) is 0 Å². The number of carboxylic acids is 1. The molecule has 1 unspecified atom stereocenters. The number of hydrogen-bond acceptors (Lipinski definition) is 3. The lowest BCUT2D eigenvalue weighted by molar-refractivity contribution is -0.150. The molecule has 12 heavy (non-hydrogen) atoms. The Balaban J connectivity index is 2.23. The van der Waals surface area contributed by atoms with Gasteiger partial charge in [0.2, 0.25) is 0 Å². The van der Waals surface area contributed by atoms with Gasteiger partial charge in [-0.3, -0.25) is 0 Å². The van der Waals surface area contributed by atoms with Crippen LogP contribution in [-0.4, -0.2) is 29.3 Å². The van der Waals surface area contributed by atoms with Gasteiger partial charge in [-0.25, -0.2) is 4.79 Å². The molecule has 0 radical (unpaired) electrons. The first-order chi connectivity index (χ1) is 5.51. The fourth-order valence-electron chi connectivity index (χ4n) is 2.68. The van der Waals surface area contributed by atoms with E-state index in [0.29, 0.717) is 6.54 Å². The van der Waals surface area contributed by atoms with Crippen LogP contribution in [0.2, 0.25) is 0 Å². The molecule has 4 nitrogen and oxygen atoms in total. The number of carboxylic acid groups (broad SMARTS) is 1. The van der Waals surface area contributed by atoms with E-state index in [4.69, 9.17) is 15.6 Å². The van der Waals surface area contributed by atoms with E-state index in [0.717, 1.165) is 12.8 Å². The highest BCUT2D eigenvalue weighted by atomic mass is 16.5. The molecule has 1 atom stereocenters. The average Bonchev–Trinajstić information content (AvgIpc) is 2.37. The zero-order valence-electron chi connectivity index (χ0n) is 7.04. The van der Waals surface area contributed by atoms with Crippen molar-refractivity contribution in [2.24, 2.45) is 11.1 Å². The lowest BCUT2D eigenvalue weighted by atomic mass is 9.61. The van der Waals surface area contributed by atoms with Crippen LogP contribution in [0.1, 0.15) is 19.8 Å². The van der Waals surface area contributed by atoms with Crippen molar-refractivity contribution in [3.8, 4) is 0 Å². The van der Waals surface area contributed by atoms with E-state index in [2.05, 4.69) is 0 Å². The molecule has 0 spiro atoms. The predicted octanol–water partition coefficient (Wildman–Crippen LogP) is -0.0326. The highest BCUT2D eigenvalue weighted by Crippen LogP contribution is 2.60. The van der Waals surface area contributed by atoms with Gasteiger partial charge >= 0.3 is 5.97 Å². The second-order valence-electron chi connectivity index (χ2n) is 4.21. The molecule has 2 aliphatic heterocycles. The predicted molar refractivity (Wildman–Crippen MR) is 41.6 cm³/mol. The SMILES string of the molecule is CC12CC(CN)(C1)C(C(=O)O)O2. The highest BCUT2D eigenvalue weighted by Gasteiger charge is 2.67. The van der Waals surface area contributed by atoms with Crippen molar-refractivity contribution < 1.29 is 14.6 Å². The molecule has 3 aliphatic rings. The molecule has 2 saturated heterocycles. The molecule has 68 valence electrons. The molecule has 4 heteroatoms. The van der Waals surface area contributed by atoms with Crippen molar-refractivity contribution in [2.45, 2.75) is 31.5 Å². The van der Waals surface area contributed by atoms with E-state index < -0.39 is 12.1 Å². The van der Waals surface area contributed by atoms with Gasteiger partial charge in [-0.05, 0) is 19.8 Å². The van der Waals surface area contributed by atoms with Gasteiger partial charge in [0.15, 0.2) is 6.10 Å². The zero-order valence-corrected chi connectivity index (χ0v) is 7.04. The van der Waals surface area contributed by atoms with Crippen LogP contribution in [0.4, 0.5) is 0 Å². The van der Waals surface area contributed by atoms with Gasteiger partial charge in [0.1, 0.15) is 0 Å². The summed E-state index contributed by atoms with van der Waals surface area (Å²) in [4.78, 5) is 10.8. The third-order valence-electron chi connectivity index (χ3n) is 3.04. The van der Waals surface area contributed by atoms with Gasteiger partial charge in [-0.1, -0.05) is 0 Å².